The van der Waals surface area contributed by atoms with Gasteiger partial charge in [0.1, 0.15) is 11.9 Å². The normalized spacial score (nSPS) is 26.4. The first-order valence-electron chi connectivity index (χ1n) is 4.86. The molecule has 0 saturated heterocycles. The highest BCUT2D eigenvalue weighted by atomic mass is 79.9. The number of aliphatic hydroxyl groups is 1. The third kappa shape index (κ3) is 2.28. The quantitative estimate of drug-likeness (QED) is 0.882. The summed E-state index contributed by atoms with van der Waals surface area (Å²) in [4.78, 5) is 0. The van der Waals surface area contributed by atoms with E-state index in [0.29, 0.717) is 0 Å². The Balaban J connectivity index is 2.03. The second-order valence-corrected chi connectivity index (χ2v) is 4.53. The molecule has 1 fully saturated rings. The van der Waals surface area contributed by atoms with Crippen molar-refractivity contribution in [3.05, 3.63) is 28.7 Å². The Morgan fingerprint density at radius 3 is 2.86 bits per heavy atom. The first-order valence-corrected chi connectivity index (χ1v) is 5.65. The lowest BCUT2D eigenvalue weighted by molar-refractivity contribution is 0.0604. The number of halogens is 1. The van der Waals surface area contributed by atoms with Crippen LogP contribution in [0.15, 0.2) is 28.7 Å². The summed E-state index contributed by atoms with van der Waals surface area (Å²) in [5, 5.41) is 9.58. The second-order valence-electron chi connectivity index (χ2n) is 3.61. The zero-order valence-electron chi connectivity index (χ0n) is 7.82. The molecule has 0 spiro atoms. The van der Waals surface area contributed by atoms with Crippen molar-refractivity contribution in [1.82, 2.24) is 0 Å². The molecule has 1 saturated carbocycles. The predicted octanol–water partition coefficient (Wildman–Crippen LogP) is 2.74. The van der Waals surface area contributed by atoms with Crippen LogP contribution in [0.25, 0.3) is 0 Å². The van der Waals surface area contributed by atoms with Gasteiger partial charge in [-0.05, 0) is 37.5 Å². The Bertz CT molecular complexity index is 314. The molecule has 0 radical (unpaired) electrons. The predicted molar refractivity (Wildman–Crippen MR) is 58.4 cm³/mol. The van der Waals surface area contributed by atoms with Gasteiger partial charge >= 0.3 is 0 Å². The van der Waals surface area contributed by atoms with Gasteiger partial charge in [0.05, 0.1) is 6.10 Å². The van der Waals surface area contributed by atoms with Gasteiger partial charge in [-0.25, -0.2) is 0 Å². The summed E-state index contributed by atoms with van der Waals surface area (Å²) in [5.74, 6) is 0.824. The van der Waals surface area contributed by atoms with E-state index in [1.54, 1.807) is 0 Å². The van der Waals surface area contributed by atoms with Gasteiger partial charge in [-0.2, -0.15) is 0 Å². The molecular weight excluding hydrogens is 244 g/mol. The standard InChI is InChI=1S/C11H13BrO2/c12-8-3-1-4-9(7-8)14-11-6-2-5-10(11)13/h1,3-4,7,10-11,13H,2,5-6H2. The smallest absolute Gasteiger partial charge is 0.124 e. The van der Waals surface area contributed by atoms with E-state index in [2.05, 4.69) is 15.9 Å². The monoisotopic (exact) mass is 256 g/mol. The van der Waals surface area contributed by atoms with E-state index in [4.69, 9.17) is 4.74 Å². The molecule has 2 rings (SSSR count). The number of ether oxygens (including phenoxy) is 1. The van der Waals surface area contributed by atoms with Crippen LogP contribution in [0, 0.1) is 0 Å². The molecule has 1 aliphatic carbocycles. The molecule has 0 aromatic heterocycles. The Kier molecular flexibility index (Phi) is 3.08. The highest BCUT2D eigenvalue weighted by Crippen LogP contribution is 2.26. The molecule has 14 heavy (non-hydrogen) atoms. The van der Waals surface area contributed by atoms with Crippen LogP contribution in [0.2, 0.25) is 0 Å². The molecule has 2 nitrogen and oxygen atoms in total. The molecule has 0 bridgehead atoms. The molecule has 0 aliphatic heterocycles. The molecule has 2 unspecified atom stereocenters. The number of benzene rings is 1. The van der Waals surface area contributed by atoms with Crippen molar-refractivity contribution in [3.63, 3.8) is 0 Å². The molecule has 76 valence electrons. The highest BCUT2D eigenvalue weighted by Gasteiger charge is 2.26. The first kappa shape index (κ1) is 9.99. The molecule has 1 N–H and O–H groups in total. The van der Waals surface area contributed by atoms with Crippen LogP contribution in [-0.2, 0) is 0 Å². The van der Waals surface area contributed by atoms with E-state index in [-0.39, 0.29) is 12.2 Å². The molecular formula is C11H13BrO2. The van der Waals surface area contributed by atoms with E-state index in [0.717, 1.165) is 29.5 Å². The van der Waals surface area contributed by atoms with Crippen molar-refractivity contribution in [2.24, 2.45) is 0 Å². The van der Waals surface area contributed by atoms with Crippen LogP contribution in [-0.4, -0.2) is 17.3 Å². The average Bonchev–Trinajstić information content (AvgIpc) is 2.52. The van der Waals surface area contributed by atoms with Gasteiger partial charge in [0.2, 0.25) is 0 Å². The summed E-state index contributed by atoms with van der Waals surface area (Å²) in [7, 11) is 0. The lowest BCUT2D eigenvalue weighted by Crippen LogP contribution is -2.25. The molecule has 1 aromatic rings. The van der Waals surface area contributed by atoms with Gasteiger partial charge in [-0.3, -0.25) is 0 Å². The zero-order valence-corrected chi connectivity index (χ0v) is 9.40. The lowest BCUT2D eigenvalue weighted by atomic mass is 10.2. The van der Waals surface area contributed by atoms with Gasteiger partial charge in [0.25, 0.3) is 0 Å². The number of hydrogen-bond acceptors (Lipinski definition) is 2. The average molecular weight is 257 g/mol. The number of rotatable bonds is 2. The molecule has 3 heteroatoms. The summed E-state index contributed by atoms with van der Waals surface area (Å²) < 4.78 is 6.69. The minimum atomic E-state index is -0.297. The van der Waals surface area contributed by atoms with Gasteiger partial charge < -0.3 is 9.84 Å². The van der Waals surface area contributed by atoms with Crippen LogP contribution in [0.1, 0.15) is 19.3 Å². The first-order chi connectivity index (χ1) is 6.75. The summed E-state index contributed by atoms with van der Waals surface area (Å²) >= 11 is 3.38. The van der Waals surface area contributed by atoms with Gasteiger partial charge in [-0.1, -0.05) is 22.0 Å². The van der Waals surface area contributed by atoms with E-state index >= 15 is 0 Å². The minimum absolute atomic E-state index is 0.0238. The fourth-order valence-electron chi connectivity index (χ4n) is 1.76. The Morgan fingerprint density at radius 2 is 2.21 bits per heavy atom. The maximum absolute atomic E-state index is 9.58. The number of hydrogen-bond donors (Lipinski definition) is 1. The number of aliphatic hydroxyl groups excluding tert-OH is 1. The summed E-state index contributed by atoms with van der Waals surface area (Å²) in [6.07, 6.45) is 2.55. The third-order valence-electron chi connectivity index (χ3n) is 2.50. The lowest BCUT2D eigenvalue weighted by Gasteiger charge is -2.16. The van der Waals surface area contributed by atoms with Crippen molar-refractivity contribution in [2.45, 2.75) is 31.5 Å². The molecule has 1 aromatic carbocycles. The Morgan fingerprint density at radius 1 is 1.36 bits per heavy atom. The van der Waals surface area contributed by atoms with E-state index in [1.807, 2.05) is 24.3 Å². The van der Waals surface area contributed by atoms with Crippen LogP contribution in [0.5, 0.6) is 5.75 Å². The van der Waals surface area contributed by atoms with Crippen LogP contribution in [0.3, 0.4) is 0 Å². The second kappa shape index (κ2) is 4.32. The van der Waals surface area contributed by atoms with E-state index in [9.17, 15) is 5.11 Å². The Labute approximate surface area is 92.0 Å². The SMILES string of the molecule is OC1CCCC1Oc1cccc(Br)c1. The summed E-state index contributed by atoms with van der Waals surface area (Å²) in [5.41, 5.74) is 0. The van der Waals surface area contributed by atoms with Crippen molar-refractivity contribution >= 4 is 15.9 Å². The van der Waals surface area contributed by atoms with Gasteiger partial charge in [0, 0.05) is 4.47 Å². The van der Waals surface area contributed by atoms with Crippen molar-refractivity contribution in [2.75, 3.05) is 0 Å². The van der Waals surface area contributed by atoms with Gasteiger partial charge in [-0.15, -0.1) is 0 Å². The van der Waals surface area contributed by atoms with Crippen molar-refractivity contribution < 1.29 is 9.84 Å². The topological polar surface area (TPSA) is 29.5 Å². The molecule has 0 amide bonds. The van der Waals surface area contributed by atoms with E-state index < -0.39 is 0 Å². The van der Waals surface area contributed by atoms with Gasteiger partial charge in [0.15, 0.2) is 0 Å². The van der Waals surface area contributed by atoms with Crippen molar-refractivity contribution in [1.29, 1.82) is 0 Å². The molecule has 1 aliphatic rings. The Hall–Kier alpha value is -0.540. The molecule has 2 atom stereocenters. The van der Waals surface area contributed by atoms with Crippen LogP contribution < -0.4 is 4.74 Å². The van der Waals surface area contributed by atoms with E-state index in [1.165, 1.54) is 0 Å². The zero-order chi connectivity index (χ0) is 9.97. The summed E-state index contributed by atoms with van der Waals surface area (Å²) in [6, 6.07) is 7.72. The van der Waals surface area contributed by atoms with Crippen LogP contribution >= 0.6 is 15.9 Å². The summed E-state index contributed by atoms with van der Waals surface area (Å²) in [6.45, 7) is 0. The highest BCUT2D eigenvalue weighted by molar-refractivity contribution is 9.10. The van der Waals surface area contributed by atoms with Crippen LogP contribution in [0.4, 0.5) is 0 Å². The van der Waals surface area contributed by atoms with Crippen molar-refractivity contribution in [3.8, 4) is 5.75 Å². The maximum atomic E-state index is 9.58. The largest absolute Gasteiger partial charge is 0.488 e. The maximum Gasteiger partial charge on any atom is 0.124 e. The third-order valence-corrected chi connectivity index (χ3v) is 2.99. The fourth-order valence-corrected chi connectivity index (χ4v) is 2.14. The molecule has 0 heterocycles. The fraction of sp³-hybridized carbons (Fsp3) is 0.455. The minimum Gasteiger partial charge on any atom is -0.488 e.